The Morgan fingerprint density at radius 2 is 2.35 bits per heavy atom. The van der Waals surface area contributed by atoms with Crippen LogP contribution < -0.4 is 15.8 Å². The Morgan fingerprint density at radius 1 is 1.53 bits per heavy atom. The van der Waals surface area contributed by atoms with Gasteiger partial charge in [-0.3, -0.25) is 4.79 Å². The summed E-state index contributed by atoms with van der Waals surface area (Å²) in [5.74, 6) is 0.955. The van der Waals surface area contributed by atoms with Crippen molar-refractivity contribution in [2.75, 3.05) is 18.5 Å². The number of anilines is 1. The summed E-state index contributed by atoms with van der Waals surface area (Å²) in [5.41, 5.74) is 5.04. The summed E-state index contributed by atoms with van der Waals surface area (Å²) < 4.78 is 5.38. The van der Waals surface area contributed by atoms with Gasteiger partial charge in [-0.1, -0.05) is 6.92 Å². The van der Waals surface area contributed by atoms with E-state index in [2.05, 4.69) is 15.3 Å². The van der Waals surface area contributed by atoms with Gasteiger partial charge in [0.15, 0.2) is 0 Å². The third-order valence-corrected chi connectivity index (χ3v) is 2.00. The third kappa shape index (κ3) is 5.70. The van der Waals surface area contributed by atoms with Crippen LogP contribution in [0.15, 0.2) is 12.4 Å². The van der Waals surface area contributed by atoms with Crippen LogP contribution in [0.1, 0.15) is 26.2 Å². The molecule has 0 radical (unpaired) electrons. The van der Waals surface area contributed by atoms with Crippen LogP contribution in [-0.2, 0) is 4.79 Å². The highest BCUT2D eigenvalue weighted by molar-refractivity contribution is 5.73. The lowest BCUT2D eigenvalue weighted by atomic mass is 10.3. The second kappa shape index (κ2) is 7.43. The van der Waals surface area contributed by atoms with E-state index >= 15 is 0 Å². The number of aromatic nitrogens is 2. The molecule has 0 atom stereocenters. The third-order valence-electron chi connectivity index (χ3n) is 2.00. The van der Waals surface area contributed by atoms with E-state index in [1.54, 1.807) is 6.07 Å². The maximum Gasteiger partial charge on any atom is 0.218 e. The van der Waals surface area contributed by atoms with Crippen LogP contribution in [0, 0.1) is 0 Å². The number of hydrogen-bond donors (Lipinski definition) is 2. The van der Waals surface area contributed by atoms with Crippen LogP contribution in [0.4, 0.5) is 5.82 Å². The molecule has 0 aliphatic heterocycles. The Bertz CT molecular complexity index is 357. The van der Waals surface area contributed by atoms with Gasteiger partial charge in [-0.15, -0.1) is 0 Å². The molecule has 0 fully saturated rings. The van der Waals surface area contributed by atoms with E-state index in [-0.39, 0.29) is 5.91 Å². The number of primary amides is 1. The monoisotopic (exact) mass is 238 g/mol. The van der Waals surface area contributed by atoms with Crippen LogP contribution in [-0.4, -0.2) is 29.0 Å². The predicted octanol–water partition coefficient (Wildman–Crippen LogP) is 0.943. The van der Waals surface area contributed by atoms with Crippen LogP contribution in [0.3, 0.4) is 0 Å². The Balaban J connectivity index is 2.34. The van der Waals surface area contributed by atoms with E-state index in [4.69, 9.17) is 10.5 Å². The van der Waals surface area contributed by atoms with Crippen LogP contribution in [0.5, 0.6) is 5.88 Å². The highest BCUT2D eigenvalue weighted by atomic mass is 16.5. The lowest BCUT2D eigenvalue weighted by molar-refractivity contribution is -0.118. The first-order valence-corrected chi connectivity index (χ1v) is 5.69. The van der Waals surface area contributed by atoms with Crippen molar-refractivity contribution >= 4 is 11.7 Å². The zero-order valence-corrected chi connectivity index (χ0v) is 9.98. The van der Waals surface area contributed by atoms with Crippen molar-refractivity contribution in [2.45, 2.75) is 26.2 Å². The molecular formula is C11H18N4O2. The van der Waals surface area contributed by atoms with Crippen molar-refractivity contribution in [3.63, 3.8) is 0 Å². The van der Waals surface area contributed by atoms with E-state index in [9.17, 15) is 4.79 Å². The molecule has 1 aromatic rings. The maximum absolute atomic E-state index is 10.5. The fraction of sp³-hybridized carbons (Fsp3) is 0.545. The lowest BCUT2D eigenvalue weighted by Crippen LogP contribution is -2.13. The fourth-order valence-electron chi connectivity index (χ4n) is 1.20. The van der Waals surface area contributed by atoms with Crippen LogP contribution >= 0.6 is 0 Å². The number of carbonyl (C=O) groups excluding carboxylic acids is 1. The van der Waals surface area contributed by atoms with Gasteiger partial charge in [0.2, 0.25) is 11.8 Å². The molecule has 1 rings (SSSR count). The second-order valence-corrected chi connectivity index (χ2v) is 3.59. The van der Waals surface area contributed by atoms with Gasteiger partial charge in [0.25, 0.3) is 0 Å². The molecule has 1 amide bonds. The van der Waals surface area contributed by atoms with Gasteiger partial charge in [0.1, 0.15) is 12.1 Å². The quantitative estimate of drug-likeness (QED) is 0.658. The van der Waals surface area contributed by atoms with Gasteiger partial charge in [0.05, 0.1) is 6.61 Å². The summed E-state index contributed by atoms with van der Waals surface area (Å²) >= 11 is 0. The summed E-state index contributed by atoms with van der Waals surface area (Å²) in [6.07, 6.45) is 3.44. The minimum absolute atomic E-state index is 0.290. The molecule has 1 aromatic heterocycles. The van der Waals surface area contributed by atoms with E-state index in [1.807, 2.05) is 6.92 Å². The Kier molecular flexibility index (Phi) is 5.77. The Hall–Kier alpha value is -1.85. The normalized spacial score (nSPS) is 9.94. The summed E-state index contributed by atoms with van der Waals surface area (Å²) in [6, 6.07) is 1.74. The summed E-state index contributed by atoms with van der Waals surface area (Å²) in [4.78, 5) is 18.6. The number of hydrogen-bond acceptors (Lipinski definition) is 5. The maximum atomic E-state index is 10.5. The van der Waals surface area contributed by atoms with Crippen LogP contribution in [0.2, 0.25) is 0 Å². The van der Waals surface area contributed by atoms with Crippen LogP contribution in [0.25, 0.3) is 0 Å². The second-order valence-electron chi connectivity index (χ2n) is 3.59. The number of ether oxygens (including phenoxy) is 1. The van der Waals surface area contributed by atoms with Gasteiger partial charge in [0, 0.05) is 19.0 Å². The van der Waals surface area contributed by atoms with Gasteiger partial charge in [-0.2, -0.15) is 0 Å². The molecule has 0 aliphatic rings. The largest absolute Gasteiger partial charge is 0.478 e. The first-order chi connectivity index (χ1) is 8.22. The minimum atomic E-state index is -0.290. The molecule has 3 N–H and O–H groups in total. The first kappa shape index (κ1) is 13.2. The molecular weight excluding hydrogens is 220 g/mol. The fourth-order valence-corrected chi connectivity index (χ4v) is 1.20. The zero-order valence-electron chi connectivity index (χ0n) is 9.98. The van der Waals surface area contributed by atoms with Crippen molar-refractivity contribution in [3.05, 3.63) is 12.4 Å². The lowest BCUT2D eigenvalue weighted by Gasteiger charge is -2.06. The van der Waals surface area contributed by atoms with E-state index < -0.39 is 0 Å². The first-order valence-electron chi connectivity index (χ1n) is 5.69. The number of nitrogens with zero attached hydrogens (tertiary/aromatic N) is 2. The molecule has 6 nitrogen and oxygen atoms in total. The van der Waals surface area contributed by atoms with Crippen molar-refractivity contribution in [2.24, 2.45) is 5.73 Å². The zero-order chi connectivity index (χ0) is 12.5. The van der Waals surface area contributed by atoms with Crippen molar-refractivity contribution in [3.8, 4) is 5.88 Å². The van der Waals surface area contributed by atoms with Gasteiger partial charge >= 0.3 is 0 Å². The van der Waals surface area contributed by atoms with E-state index in [1.165, 1.54) is 6.33 Å². The molecule has 0 unspecified atom stereocenters. The Labute approximate surface area is 101 Å². The number of nitrogens with one attached hydrogen (secondary N) is 1. The number of rotatable bonds is 8. The molecule has 0 saturated carbocycles. The average Bonchev–Trinajstić information content (AvgIpc) is 2.32. The molecule has 0 aromatic carbocycles. The van der Waals surface area contributed by atoms with E-state index in [0.29, 0.717) is 37.7 Å². The van der Waals surface area contributed by atoms with Crippen molar-refractivity contribution in [1.82, 2.24) is 9.97 Å². The molecule has 0 aliphatic carbocycles. The molecule has 1 heterocycles. The average molecular weight is 238 g/mol. The molecule has 0 saturated heterocycles. The number of nitrogens with two attached hydrogens (primary N) is 1. The summed E-state index contributed by atoms with van der Waals surface area (Å²) in [5, 5.41) is 3.08. The molecule has 6 heteroatoms. The number of carbonyl (C=O) groups is 1. The van der Waals surface area contributed by atoms with Gasteiger partial charge < -0.3 is 15.8 Å². The standard InChI is InChI=1S/C11H18N4O2/c1-2-6-17-11-7-10(14-8-15-11)13-5-3-4-9(12)16/h7-8H,2-6H2,1H3,(H2,12,16)(H,13,14,15). The minimum Gasteiger partial charge on any atom is -0.478 e. The van der Waals surface area contributed by atoms with E-state index in [0.717, 1.165) is 6.42 Å². The van der Waals surface area contributed by atoms with Gasteiger partial charge in [-0.25, -0.2) is 9.97 Å². The highest BCUT2D eigenvalue weighted by Crippen LogP contribution is 2.11. The molecule has 17 heavy (non-hydrogen) atoms. The summed E-state index contributed by atoms with van der Waals surface area (Å²) in [6.45, 7) is 3.31. The predicted molar refractivity (Wildman–Crippen MR) is 64.7 cm³/mol. The SMILES string of the molecule is CCCOc1cc(NCCCC(N)=O)ncn1. The molecule has 0 spiro atoms. The highest BCUT2D eigenvalue weighted by Gasteiger charge is 1.99. The van der Waals surface area contributed by atoms with Crippen molar-refractivity contribution < 1.29 is 9.53 Å². The molecule has 94 valence electrons. The smallest absolute Gasteiger partial charge is 0.218 e. The van der Waals surface area contributed by atoms with Gasteiger partial charge in [-0.05, 0) is 12.8 Å². The Morgan fingerprint density at radius 3 is 3.06 bits per heavy atom. The van der Waals surface area contributed by atoms with Crippen molar-refractivity contribution in [1.29, 1.82) is 0 Å². The number of amides is 1. The summed E-state index contributed by atoms with van der Waals surface area (Å²) in [7, 11) is 0. The molecule has 0 bridgehead atoms. The topological polar surface area (TPSA) is 90.1 Å².